The van der Waals surface area contributed by atoms with Crippen LogP contribution in [-0.4, -0.2) is 19.8 Å². The predicted molar refractivity (Wildman–Crippen MR) is 135 cm³/mol. The summed E-state index contributed by atoms with van der Waals surface area (Å²) in [5, 5.41) is 21.6. The maximum absolute atomic E-state index is 10.8. The Labute approximate surface area is 207 Å². The van der Waals surface area contributed by atoms with Crippen LogP contribution in [0.3, 0.4) is 0 Å². The first kappa shape index (κ1) is 23.8. The third kappa shape index (κ3) is 5.96. The van der Waals surface area contributed by atoms with Crippen molar-refractivity contribution in [2.45, 2.75) is 13.8 Å². The van der Waals surface area contributed by atoms with Gasteiger partial charge >= 0.3 is 0 Å². The fraction of sp³-hybridized carbons (Fsp3) is 0.0714. The smallest absolute Gasteiger partial charge is 0.258 e. The average Bonchev–Trinajstić information content (AvgIpc) is 2.86. The molecule has 2 heterocycles. The van der Waals surface area contributed by atoms with E-state index in [2.05, 4.69) is 33.6 Å². The third-order valence-corrected chi connectivity index (χ3v) is 5.03. The fourth-order valence-electron chi connectivity index (χ4n) is 3.37. The molecule has 4 rings (SSSR count). The molecule has 36 heavy (non-hydrogen) atoms. The van der Waals surface area contributed by atoms with Crippen molar-refractivity contribution in [2.75, 3.05) is 0 Å². The van der Waals surface area contributed by atoms with Crippen molar-refractivity contribution in [1.82, 2.24) is 9.97 Å². The van der Waals surface area contributed by atoms with Crippen LogP contribution in [0.2, 0.25) is 0 Å². The molecule has 0 aliphatic carbocycles. The van der Waals surface area contributed by atoms with E-state index < -0.39 is 9.85 Å². The van der Waals surface area contributed by atoms with Gasteiger partial charge in [0.1, 0.15) is 0 Å². The molecule has 0 amide bonds. The summed E-state index contributed by atoms with van der Waals surface area (Å²) >= 11 is 0. The number of benzene rings is 2. The highest BCUT2D eigenvalue weighted by molar-refractivity contribution is 5.61. The summed E-state index contributed by atoms with van der Waals surface area (Å²) in [5.41, 5.74) is 5.64. The molecule has 0 saturated carbocycles. The summed E-state index contributed by atoms with van der Waals surface area (Å²) in [6.07, 6.45) is 0. The van der Waals surface area contributed by atoms with E-state index in [4.69, 9.17) is 0 Å². The first-order valence-electron chi connectivity index (χ1n) is 10.8. The monoisotopic (exact) mass is 474 g/mol. The van der Waals surface area contributed by atoms with Crippen LogP contribution in [0.4, 0.5) is 11.4 Å². The van der Waals surface area contributed by atoms with Gasteiger partial charge in [0.05, 0.1) is 21.2 Å². The van der Waals surface area contributed by atoms with E-state index in [1.165, 1.54) is 24.3 Å². The van der Waals surface area contributed by atoms with Crippen molar-refractivity contribution in [1.29, 1.82) is 0 Å². The molecule has 0 unspecified atom stereocenters. The minimum absolute atomic E-state index is 0.0144. The van der Waals surface area contributed by atoms with Crippen LogP contribution < -0.4 is 0 Å². The summed E-state index contributed by atoms with van der Waals surface area (Å²) in [7, 11) is 0. The molecule has 0 aliphatic heterocycles. The minimum atomic E-state index is -0.449. The second-order valence-electron chi connectivity index (χ2n) is 7.87. The molecule has 0 atom stereocenters. The standard InChI is InChI=1S/C28H18N4O4/c1-19-15-23(5-3-21-7-11-25(12-8-21)31(33)34)17-27(29-19)28-18-24(16-20(2)30-28)6-4-22-9-13-26(14-10-22)32(35)36/h7-18H,1-2H3. The van der Waals surface area contributed by atoms with Gasteiger partial charge in [-0.25, -0.2) is 0 Å². The molecular weight excluding hydrogens is 456 g/mol. The van der Waals surface area contributed by atoms with Gasteiger partial charge in [-0.2, -0.15) is 0 Å². The first-order chi connectivity index (χ1) is 17.3. The number of rotatable bonds is 3. The van der Waals surface area contributed by atoms with Crippen LogP contribution in [0.15, 0.2) is 72.8 Å². The molecule has 0 bridgehead atoms. The normalized spacial score (nSPS) is 9.94. The Morgan fingerprint density at radius 2 is 0.889 bits per heavy atom. The summed E-state index contributed by atoms with van der Waals surface area (Å²) in [6.45, 7) is 3.73. The van der Waals surface area contributed by atoms with Gasteiger partial charge in [0.25, 0.3) is 11.4 Å². The second kappa shape index (κ2) is 10.3. The molecule has 0 saturated heterocycles. The van der Waals surface area contributed by atoms with Crippen molar-refractivity contribution in [3.8, 4) is 35.1 Å². The Kier molecular flexibility index (Phi) is 6.80. The zero-order valence-electron chi connectivity index (χ0n) is 19.4. The van der Waals surface area contributed by atoms with Crippen molar-refractivity contribution in [2.24, 2.45) is 0 Å². The molecule has 8 heteroatoms. The van der Waals surface area contributed by atoms with E-state index in [0.717, 1.165) is 22.5 Å². The predicted octanol–water partition coefficient (Wildman–Crippen LogP) is 5.38. The van der Waals surface area contributed by atoms with Crippen LogP contribution in [0, 0.1) is 57.8 Å². The van der Waals surface area contributed by atoms with Gasteiger partial charge in [-0.1, -0.05) is 23.7 Å². The fourth-order valence-corrected chi connectivity index (χ4v) is 3.37. The van der Waals surface area contributed by atoms with E-state index in [0.29, 0.717) is 22.5 Å². The number of nitro benzene ring substituents is 2. The summed E-state index contributed by atoms with van der Waals surface area (Å²) in [4.78, 5) is 29.9. The van der Waals surface area contributed by atoms with E-state index >= 15 is 0 Å². The first-order valence-corrected chi connectivity index (χ1v) is 10.8. The molecule has 8 nitrogen and oxygen atoms in total. The minimum Gasteiger partial charge on any atom is -0.258 e. The molecule has 4 aromatic rings. The van der Waals surface area contributed by atoms with Crippen LogP contribution in [0.1, 0.15) is 33.6 Å². The Hall–Kier alpha value is -5.34. The highest BCUT2D eigenvalue weighted by Crippen LogP contribution is 2.20. The molecule has 2 aromatic carbocycles. The zero-order valence-corrected chi connectivity index (χ0v) is 19.4. The van der Waals surface area contributed by atoms with Gasteiger partial charge in [-0.05, 0) is 62.4 Å². The lowest BCUT2D eigenvalue weighted by atomic mass is 10.1. The number of hydrogen-bond acceptors (Lipinski definition) is 6. The highest BCUT2D eigenvalue weighted by atomic mass is 16.6. The van der Waals surface area contributed by atoms with Crippen LogP contribution >= 0.6 is 0 Å². The SMILES string of the molecule is Cc1cc(C#Cc2ccc([N+](=O)[O-])cc2)cc(-c2cc(C#Cc3ccc([N+](=O)[O-])cc3)cc(C)n2)n1. The van der Waals surface area contributed by atoms with E-state index in [-0.39, 0.29) is 11.4 Å². The maximum Gasteiger partial charge on any atom is 0.269 e. The van der Waals surface area contributed by atoms with E-state index in [1.54, 1.807) is 24.3 Å². The lowest BCUT2D eigenvalue weighted by molar-refractivity contribution is -0.385. The lowest BCUT2D eigenvalue weighted by Gasteiger charge is -2.05. The van der Waals surface area contributed by atoms with E-state index in [1.807, 2.05) is 38.1 Å². The molecule has 0 aliphatic rings. The summed E-state index contributed by atoms with van der Waals surface area (Å²) in [6, 6.07) is 19.5. The van der Waals surface area contributed by atoms with Crippen molar-refractivity contribution < 1.29 is 9.85 Å². The number of aryl methyl sites for hydroxylation is 2. The molecule has 0 N–H and O–H groups in total. The van der Waals surface area contributed by atoms with Crippen LogP contribution in [-0.2, 0) is 0 Å². The Bertz CT molecular complexity index is 1480. The van der Waals surface area contributed by atoms with Crippen LogP contribution in [0.5, 0.6) is 0 Å². The van der Waals surface area contributed by atoms with Crippen molar-refractivity contribution >= 4 is 11.4 Å². The number of non-ortho nitro benzene ring substituents is 2. The largest absolute Gasteiger partial charge is 0.269 e. The summed E-state index contributed by atoms with van der Waals surface area (Å²) < 4.78 is 0. The number of hydrogen-bond donors (Lipinski definition) is 0. The Morgan fingerprint density at radius 3 is 1.22 bits per heavy atom. The molecule has 0 fully saturated rings. The number of nitrogens with zero attached hydrogens (tertiary/aromatic N) is 4. The molecule has 174 valence electrons. The van der Waals surface area contributed by atoms with Gasteiger partial charge in [0, 0.05) is 57.9 Å². The van der Waals surface area contributed by atoms with Gasteiger partial charge < -0.3 is 0 Å². The lowest BCUT2D eigenvalue weighted by Crippen LogP contribution is -1.95. The van der Waals surface area contributed by atoms with Gasteiger partial charge in [0.2, 0.25) is 0 Å². The number of nitro groups is 2. The van der Waals surface area contributed by atoms with Crippen molar-refractivity contribution in [3.63, 3.8) is 0 Å². The van der Waals surface area contributed by atoms with E-state index in [9.17, 15) is 20.2 Å². The van der Waals surface area contributed by atoms with Gasteiger partial charge in [-0.15, -0.1) is 0 Å². The highest BCUT2D eigenvalue weighted by Gasteiger charge is 2.07. The summed E-state index contributed by atoms with van der Waals surface area (Å²) in [5.74, 6) is 12.2. The average molecular weight is 474 g/mol. The van der Waals surface area contributed by atoms with Gasteiger partial charge in [0.15, 0.2) is 0 Å². The molecule has 0 radical (unpaired) electrons. The van der Waals surface area contributed by atoms with Crippen molar-refractivity contribution in [3.05, 3.63) is 127 Å². The number of aromatic nitrogens is 2. The topological polar surface area (TPSA) is 112 Å². The zero-order chi connectivity index (χ0) is 25.7. The Morgan fingerprint density at radius 1 is 0.556 bits per heavy atom. The third-order valence-electron chi connectivity index (χ3n) is 5.03. The number of pyridine rings is 2. The van der Waals surface area contributed by atoms with Gasteiger partial charge in [-0.3, -0.25) is 30.2 Å². The van der Waals surface area contributed by atoms with Crippen LogP contribution in [0.25, 0.3) is 11.4 Å². The Balaban J connectivity index is 1.62. The molecular formula is C28H18N4O4. The molecule has 0 spiro atoms. The second-order valence-corrected chi connectivity index (χ2v) is 7.87. The molecule has 2 aromatic heterocycles. The quantitative estimate of drug-likeness (QED) is 0.224. The maximum atomic E-state index is 10.8.